The summed E-state index contributed by atoms with van der Waals surface area (Å²) < 4.78 is 23.5. The van der Waals surface area contributed by atoms with Crippen LogP contribution in [0.4, 0.5) is 0 Å². The fraction of sp³-hybridized carbons (Fsp3) is 0.333. The standard InChI is InChI=1S/C12H14N2O4S/c1-8(12(15)16)19(17,18)7-6-11-13-9-4-2-3-5-10(9)14-11/h2-5,8H,6-7H2,1H3,(H,13,14)(H,15,16). The molecule has 7 heteroatoms. The van der Waals surface area contributed by atoms with E-state index in [1.54, 1.807) is 0 Å². The first-order valence-corrected chi connectivity index (χ1v) is 7.50. The van der Waals surface area contributed by atoms with E-state index in [0.29, 0.717) is 5.82 Å². The van der Waals surface area contributed by atoms with E-state index in [9.17, 15) is 13.2 Å². The zero-order valence-corrected chi connectivity index (χ0v) is 11.1. The highest BCUT2D eigenvalue weighted by Crippen LogP contribution is 2.12. The van der Waals surface area contributed by atoms with E-state index in [2.05, 4.69) is 9.97 Å². The third-order valence-electron chi connectivity index (χ3n) is 2.95. The van der Waals surface area contributed by atoms with Gasteiger partial charge in [0.1, 0.15) is 5.82 Å². The minimum atomic E-state index is -3.65. The van der Waals surface area contributed by atoms with Crippen LogP contribution in [0, 0.1) is 0 Å². The highest BCUT2D eigenvalue weighted by Gasteiger charge is 2.27. The Morgan fingerprint density at radius 1 is 1.42 bits per heavy atom. The molecule has 0 saturated carbocycles. The first-order valence-electron chi connectivity index (χ1n) is 5.78. The molecule has 0 amide bonds. The van der Waals surface area contributed by atoms with Crippen LogP contribution in [0.1, 0.15) is 12.7 Å². The number of carbonyl (C=O) groups is 1. The average Bonchev–Trinajstić information content (AvgIpc) is 2.78. The predicted octanol–water partition coefficient (Wildman–Crippen LogP) is 0.993. The summed E-state index contributed by atoms with van der Waals surface area (Å²) in [5.74, 6) is -1.02. The molecule has 102 valence electrons. The lowest BCUT2D eigenvalue weighted by molar-refractivity contribution is -0.136. The first-order chi connectivity index (χ1) is 8.90. The molecule has 0 saturated heterocycles. The quantitative estimate of drug-likeness (QED) is 0.852. The molecule has 0 bridgehead atoms. The van der Waals surface area contributed by atoms with Crippen molar-refractivity contribution >= 4 is 26.8 Å². The topological polar surface area (TPSA) is 100 Å². The number of para-hydroxylation sites is 2. The van der Waals surface area contributed by atoms with Crippen LogP contribution >= 0.6 is 0 Å². The normalized spacial score (nSPS) is 13.5. The zero-order valence-electron chi connectivity index (χ0n) is 10.3. The number of imidazole rings is 1. The molecule has 0 spiro atoms. The summed E-state index contributed by atoms with van der Waals surface area (Å²) in [4.78, 5) is 18.0. The molecule has 1 unspecified atom stereocenters. The molecule has 2 rings (SSSR count). The number of H-pyrrole nitrogens is 1. The maximum Gasteiger partial charge on any atom is 0.321 e. The molecule has 0 radical (unpaired) electrons. The molecular formula is C12H14N2O4S. The number of carboxylic acids is 1. The number of rotatable bonds is 5. The number of hydrogen-bond acceptors (Lipinski definition) is 4. The van der Waals surface area contributed by atoms with E-state index in [4.69, 9.17) is 5.11 Å². The molecule has 6 nitrogen and oxygen atoms in total. The van der Waals surface area contributed by atoms with E-state index in [1.165, 1.54) is 6.92 Å². The van der Waals surface area contributed by atoms with E-state index in [1.807, 2.05) is 24.3 Å². The number of aliphatic carboxylic acids is 1. The van der Waals surface area contributed by atoms with Gasteiger partial charge in [-0.25, -0.2) is 13.4 Å². The number of benzene rings is 1. The Kier molecular flexibility index (Phi) is 3.57. The second kappa shape index (κ2) is 5.00. The summed E-state index contributed by atoms with van der Waals surface area (Å²) >= 11 is 0. The molecule has 1 heterocycles. The Morgan fingerprint density at radius 2 is 2.11 bits per heavy atom. The van der Waals surface area contributed by atoms with E-state index >= 15 is 0 Å². The van der Waals surface area contributed by atoms with Gasteiger partial charge in [0.25, 0.3) is 0 Å². The van der Waals surface area contributed by atoms with Crippen molar-refractivity contribution in [2.24, 2.45) is 0 Å². The Morgan fingerprint density at radius 3 is 2.74 bits per heavy atom. The number of sulfone groups is 1. The maximum absolute atomic E-state index is 11.7. The summed E-state index contributed by atoms with van der Waals surface area (Å²) in [5.41, 5.74) is 1.60. The smallest absolute Gasteiger partial charge is 0.321 e. The van der Waals surface area contributed by atoms with E-state index in [-0.39, 0.29) is 12.2 Å². The summed E-state index contributed by atoms with van der Waals surface area (Å²) in [6.45, 7) is 1.18. The van der Waals surface area contributed by atoms with E-state index < -0.39 is 21.1 Å². The molecule has 0 aliphatic rings. The fourth-order valence-electron chi connectivity index (χ4n) is 1.69. The summed E-state index contributed by atoms with van der Waals surface area (Å²) in [7, 11) is -3.65. The lowest BCUT2D eigenvalue weighted by Crippen LogP contribution is -2.29. The molecule has 1 aromatic carbocycles. The maximum atomic E-state index is 11.7. The number of aromatic amines is 1. The summed E-state index contributed by atoms with van der Waals surface area (Å²) in [5, 5.41) is 7.33. The fourth-order valence-corrected chi connectivity index (χ4v) is 2.83. The van der Waals surface area contributed by atoms with Crippen LogP contribution in [-0.2, 0) is 21.1 Å². The highest BCUT2D eigenvalue weighted by molar-refractivity contribution is 7.92. The van der Waals surface area contributed by atoms with Crippen LogP contribution in [-0.4, -0.2) is 40.5 Å². The Bertz CT molecular complexity index is 672. The number of fused-ring (bicyclic) bond motifs is 1. The highest BCUT2D eigenvalue weighted by atomic mass is 32.2. The van der Waals surface area contributed by atoms with Gasteiger partial charge in [0, 0.05) is 6.42 Å². The van der Waals surface area contributed by atoms with Gasteiger partial charge in [0.05, 0.1) is 16.8 Å². The largest absolute Gasteiger partial charge is 0.480 e. The zero-order chi connectivity index (χ0) is 14.0. The van der Waals surface area contributed by atoms with Gasteiger partial charge in [-0.05, 0) is 19.1 Å². The van der Waals surface area contributed by atoms with Crippen molar-refractivity contribution in [2.75, 3.05) is 5.75 Å². The summed E-state index contributed by atoms with van der Waals surface area (Å²) in [6.07, 6.45) is 0.175. The van der Waals surface area contributed by atoms with Crippen molar-refractivity contribution in [2.45, 2.75) is 18.6 Å². The monoisotopic (exact) mass is 282 g/mol. The van der Waals surface area contributed by atoms with Gasteiger partial charge in [-0.3, -0.25) is 4.79 Å². The van der Waals surface area contributed by atoms with Gasteiger partial charge in [-0.2, -0.15) is 0 Å². The molecule has 2 N–H and O–H groups in total. The Balaban J connectivity index is 2.12. The summed E-state index contributed by atoms with van der Waals surface area (Å²) in [6, 6.07) is 7.37. The second-order valence-corrected chi connectivity index (χ2v) is 6.74. The second-order valence-electron chi connectivity index (χ2n) is 4.30. The van der Waals surface area contributed by atoms with Crippen molar-refractivity contribution < 1.29 is 18.3 Å². The van der Waals surface area contributed by atoms with Gasteiger partial charge in [-0.15, -0.1) is 0 Å². The molecule has 2 aromatic rings. The number of carboxylic acid groups (broad SMARTS) is 1. The number of aromatic nitrogens is 2. The molecular weight excluding hydrogens is 268 g/mol. The van der Waals surface area contributed by atoms with Crippen LogP contribution < -0.4 is 0 Å². The lowest BCUT2D eigenvalue weighted by Gasteiger charge is -2.06. The van der Waals surface area contributed by atoms with Crippen molar-refractivity contribution in [1.29, 1.82) is 0 Å². The van der Waals surface area contributed by atoms with Gasteiger partial charge in [0.15, 0.2) is 15.1 Å². The van der Waals surface area contributed by atoms with Crippen molar-refractivity contribution in [3.05, 3.63) is 30.1 Å². The average molecular weight is 282 g/mol. The van der Waals surface area contributed by atoms with Crippen molar-refractivity contribution in [3.63, 3.8) is 0 Å². The molecule has 1 aromatic heterocycles. The van der Waals surface area contributed by atoms with Crippen LogP contribution in [0.15, 0.2) is 24.3 Å². The first kappa shape index (κ1) is 13.5. The number of nitrogens with one attached hydrogen (secondary N) is 1. The Hall–Kier alpha value is -1.89. The Labute approximate surface area is 110 Å². The SMILES string of the molecule is CC(C(=O)O)S(=O)(=O)CCc1nc2ccccc2[nH]1. The number of nitrogens with zero attached hydrogens (tertiary/aromatic N) is 1. The van der Waals surface area contributed by atoms with Crippen molar-refractivity contribution in [1.82, 2.24) is 9.97 Å². The molecule has 0 aliphatic heterocycles. The molecule has 19 heavy (non-hydrogen) atoms. The predicted molar refractivity (Wildman–Crippen MR) is 70.7 cm³/mol. The van der Waals surface area contributed by atoms with Crippen LogP contribution in [0.5, 0.6) is 0 Å². The minimum Gasteiger partial charge on any atom is -0.480 e. The van der Waals surface area contributed by atoms with Gasteiger partial charge < -0.3 is 10.1 Å². The number of hydrogen-bond donors (Lipinski definition) is 2. The minimum absolute atomic E-state index is 0.175. The lowest BCUT2D eigenvalue weighted by atomic mass is 10.3. The van der Waals surface area contributed by atoms with Gasteiger partial charge in [0.2, 0.25) is 0 Å². The van der Waals surface area contributed by atoms with Crippen molar-refractivity contribution in [3.8, 4) is 0 Å². The molecule has 1 atom stereocenters. The van der Waals surface area contributed by atoms with Gasteiger partial charge >= 0.3 is 5.97 Å². The number of aryl methyl sites for hydroxylation is 1. The molecule has 0 aliphatic carbocycles. The van der Waals surface area contributed by atoms with Crippen LogP contribution in [0.25, 0.3) is 11.0 Å². The van der Waals surface area contributed by atoms with E-state index in [0.717, 1.165) is 11.0 Å². The third-order valence-corrected chi connectivity index (χ3v) is 5.00. The van der Waals surface area contributed by atoms with Crippen LogP contribution in [0.2, 0.25) is 0 Å². The van der Waals surface area contributed by atoms with Gasteiger partial charge in [-0.1, -0.05) is 12.1 Å². The molecule has 0 fully saturated rings. The third kappa shape index (κ3) is 2.93. The van der Waals surface area contributed by atoms with Crippen LogP contribution in [0.3, 0.4) is 0 Å².